The summed E-state index contributed by atoms with van der Waals surface area (Å²) >= 11 is 11.9. The van der Waals surface area contributed by atoms with Crippen LogP contribution in [0, 0.1) is 6.92 Å². The smallest absolute Gasteiger partial charge is 0.243 e. The molecule has 1 aliphatic rings. The summed E-state index contributed by atoms with van der Waals surface area (Å²) in [7, 11) is 0. The lowest BCUT2D eigenvalue weighted by atomic mass is 9.99. The minimum atomic E-state index is -0.0724. The van der Waals surface area contributed by atoms with Crippen LogP contribution in [0.3, 0.4) is 0 Å². The van der Waals surface area contributed by atoms with Crippen LogP contribution in [-0.4, -0.2) is 19.0 Å². The predicted octanol–water partition coefficient (Wildman–Crippen LogP) is 4.69. The van der Waals surface area contributed by atoms with Crippen LogP contribution in [0.2, 0.25) is 10.0 Å². The molecule has 23 heavy (non-hydrogen) atoms. The second kappa shape index (κ2) is 6.81. The van der Waals surface area contributed by atoms with Crippen molar-refractivity contribution in [1.82, 2.24) is 0 Å². The van der Waals surface area contributed by atoms with Gasteiger partial charge in [0.15, 0.2) is 0 Å². The molecule has 2 aromatic carbocycles. The fourth-order valence-corrected chi connectivity index (χ4v) is 3.49. The van der Waals surface area contributed by atoms with Crippen LogP contribution in [0.1, 0.15) is 17.5 Å². The minimum absolute atomic E-state index is 0.0724. The Balaban J connectivity index is 1.71. The van der Waals surface area contributed by atoms with E-state index in [2.05, 4.69) is 35.3 Å². The van der Waals surface area contributed by atoms with Gasteiger partial charge in [0.05, 0.1) is 6.54 Å². The summed E-state index contributed by atoms with van der Waals surface area (Å²) in [5.41, 5.74) is 4.34. The third-order valence-corrected chi connectivity index (χ3v) is 4.37. The van der Waals surface area contributed by atoms with Crippen LogP contribution in [0.4, 0.5) is 11.4 Å². The van der Waals surface area contributed by atoms with E-state index in [0.29, 0.717) is 22.3 Å². The fourth-order valence-electron chi connectivity index (χ4n) is 2.97. The maximum Gasteiger partial charge on any atom is 0.243 e. The molecule has 0 spiro atoms. The highest BCUT2D eigenvalue weighted by Crippen LogP contribution is 2.28. The Morgan fingerprint density at radius 1 is 1.17 bits per heavy atom. The second-order valence-electron chi connectivity index (χ2n) is 5.86. The minimum Gasteiger partial charge on any atom is -0.362 e. The Morgan fingerprint density at radius 2 is 1.91 bits per heavy atom. The number of rotatable bonds is 3. The van der Waals surface area contributed by atoms with Crippen LogP contribution in [0.5, 0.6) is 0 Å². The van der Waals surface area contributed by atoms with E-state index in [4.69, 9.17) is 23.2 Å². The number of hydrogen-bond acceptors (Lipinski definition) is 2. The highest BCUT2D eigenvalue weighted by Gasteiger charge is 2.19. The predicted molar refractivity (Wildman–Crippen MR) is 96.8 cm³/mol. The molecule has 1 heterocycles. The van der Waals surface area contributed by atoms with E-state index in [1.165, 1.54) is 11.1 Å². The molecule has 0 atom stereocenters. The van der Waals surface area contributed by atoms with Gasteiger partial charge in [-0.2, -0.15) is 0 Å². The van der Waals surface area contributed by atoms with Gasteiger partial charge in [0.25, 0.3) is 0 Å². The summed E-state index contributed by atoms with van der Waals surface area (Å²) in [5.74, 6) is -0.0724. The van der Waals surface area contributed by atoms with Crippen molar-refractivity contribution >= 4 is 40.5 Å². The number of carbonyl (C=O) groups is 1. The van der Waals surface area contributed by atoms with Crippen LogP contribution in [0.25, 0.3) is 0 Å². The summed E-state index contributed by atoms with van der Waals surface area (Å²) in [5, 5.41) is 3.88. The zero-order chi connectivity index (χ0) is 16.4. The van der Waals surface area contributed by atoms with Gasteiger partial charge in [0, 0.05) is 28.0 Å². The van der Waals surface area contributed by atoms with Crippen molar-refractivity contribution < 1.29 is 4.79 Å². The normalized spacial score (nSPS) is 13.6. The van der Waals surface area contributed by atoms with Crippen LogP contribution >= 0.6 is 23.2 Å². The summed E-state index contributed by atoms with van der Waals surface area (Å²) in [4.78, 5) is 14.5. The van der Waals surface area contributed by atoms with Crippen molar-refractivity contribution in [3.8, 4) is 0 Å². The van der Waals surface area contributed by atoms with Crippen molar-refractivity contribution in [1.29, 1.82) is 0 Å². The number of hydrogen-bond donors (Lipinski definition) is 1. The highest BCUT2D eigenvalue weighted by atomic mass is 35.5. The topological polar surface area (TPSA) is 32.3 Å². The van der Waals surface area contributed by atoms with Crippen molar-refractivity contribution in [2.24, 2.45) is 0 Å². The lowest BCUT2D eigenvalue weighted by Crippen LogP contribution is -2.36. The molecule has 0 unspecified atom stereocenters. The monoisotopic (exact) mass is 348 g/mol. The van der Waals surface area contributed by atoms with E-state index in [-0.39, 0.29) is 5.91 Å². The van der Waals surface area contributed by atoms with Gasteiger partial charge in [-0.25, -0.2) is 0 Å². The molecule has 3 nitrogen and oxygen atoms in total. The molecule has 0 aliphatic carbocycles. The first-order chi connectivity index (χ1) is 11.0. The summed E-state index contributed by atoms with van der Waals surface area (Å²) < 4.78 is 0. The van der Waals surface area contributed by atoms with E-state index >= 15 is 0 Å². The molecule has 0 bridgehead atoms. The van der Waals surface area contributed by atoms with Crippen LogP contribution in [-0.2, 0) is 11.2 Å². The number of nitrogens with one attached hydrogen (secondary N) is 1. The van der Waals surface area contributed by atoms with Gasteiger partial charge in [-0.05, 0) is 49.6 Å². The molecule has 1 N–H and O–H groups in total. The number of aryl methyl sites for hydroxylation is 2. The van der Waals surface area contributed by atoms with E-state index in [1.807, 2.05) is 0 Å². The largest absolute Gasteiger partial charge is 0.362 e. The molecule has 120 valence electrons. The molecule has 0 radical (unpaired) electrons. The number of carbonyl (C=O) groups excluding carboxylic acids is 1. The van der Waals surface area contributed by atoms with Gasteiger partial charge in [-0.15, -0.1) is 0 Å². The molecule has 5 heteroatoms. The van der Waals surface area contributed by atoms with Crippen LogP contribution in [0.15, 0.2) is 36.4 Å². The molecule has 1 aliphatic heterocycles. The highest BCUT2D eigenvalue weighted by molar-refractivity contribution is 6.35. The molecular formula is C18H18Cl2N2O. The standard InChI is InChI=1S/C18H18Cl2N2O/c1-12-4-5-17-13(7-12)3-2-6-22(17)11-18(23)21-16-9-14(19)8-15(20)10-16/h4-5,7-10H,2-3,6,11H2,1H3,(H,21,23). The summed E-state index contributed by atoms with van der Waals surface area (Å²) in [6, 6.07) is 11.4. The van der Waals surface area contributed by atoms with E-state index in [0.717, 1.165) is 25.1 Å². The van der Waals surface area contributed by atoms with Gasteiger partial charge >= 0.3 is 0 Å². The fraction of sp³-hybridized carbons (Fsp3) is 0.278. The first kappa shape index (κ1) is 16.2. The third kappa shape index (κ3) is 3.98. The number of halogens is 2. The van der Waals surface area contributed by atoms with E-state index in [9.17, 15) is 4.79 Å². The zero-order valence-electron chi connectivity index (χ0n) is 12.9. The number of benzene rings is 2. The first-order valence-corrected chi connectivity index (χ1v) is 8.37. The second-order valence-corrected chi connectivity index (χ2v) is 6.74. The zero-order valence-corrected chi connectivity index (χ0v) is 14.4. The number of nitrogens with zero attached hydrogens (tertiary/aromatic N) is 1. The number of amides is 1. The average molecular weight is 349 g/mol. The Bertz CT molecular complexity index is 726. The summed E-state index contributed by atoms with van der Waals surface area (Å²) in [6.45, 7) is 3.30. The van der Waals surface area contributed by atoms with Gasteiger partial charge in [-0.1, -0.05) is 40.9 Å². The number of fused-ring (bicyclic) bond motifs is 1. The Morgan fingerprint density at radius 3 is 2.65 bits per heavy atom. The van der Waals surface area contributed by atoms with E-state index in [1.54, 1.807) is 18.2 Å². The average Bonchev–Trinajstić information content (AvgIpc) is 2.45. The van der Waals surface area contributed by atoms with Crippen molar-refractivity contribution in [3.63, 3.8) is 0 Å². The van der Waals surface area contributed by atoms with E-state index < -0.39 is 0 Å². The molecule has 3 rings (SSSR count). The Hall–Kier alpha value is -1.71. The first-order valence-electron chi connectivity index (χ1n) is 7.62. The van der Waals surface area contributed by atoms with Gasteiger partial charge in [-0.3, -0.25) is 4.79 Å². The quantitative estimate of drug-likeness (QED) is 0.872. The molecule has 2 aromatic rings. The van der Waals surface area contributed by atoms with Gasteiger partial charge in [0.1, 0.15) is 0 Å². The maximum absolute atomic E-state index is 12.3. The Kier molecular flexibility index (Phi) is 4.79. The summed E-state index contributed by atoms with van der Waals surface area (Å²) in [6.07, 6.45) is 2.13. The lowest BCUT2D eigenvalue weighted by Gasteiger charge is -2.31. The van der Waals surface area contributed by atoms with Crippen molar-refractivity contribution in [2.75, 3.05) is 23.3 Å². The molecule has 0 aromatic heterocycles. The van der Waals surface area contributed by atoms with Crippen molar-refractivity contribution in [3.05, 3.63) is 57.6 Å². The maximum atomic E-state index is 12.3. The van der Waals surface area contributed by atoms with Crippen LogP contribution < -0.4 is 10.2 Å². The third-order valence-electron chi connectivity index (χ3n) is 3.93. The lowest BCUT2D eigenvalue weighted by molar-refractivity contribution is -0.115. The molecule has 0 saturated heterocycles. The molecule has 0 fully saturated rings. The SMILES string of the molecule is Cc1ccc2c(c1)CCCN2CC(=O)Nc1cc(Cl)cc(Cl)c1. The molecule has 1 amide bonds. The molecule has 0 saturated carbocycles. The Labute approximate surface area is 146 Å². The van der Waals surface area contributed by atoms with Gasteiger partial charge in [0.2, 0.25) is 5.91 Å². The van der Waals surface area contributed by atoms with Crippen molar-refractivity contribution in [2.45, 2.75) is 19.8 Å². The van der Waals surface area contributed by atoms with Gasteiger partial charge < -0.3 is 10.2 Å². The molecular weight excluding hydrogens is 331 g/mol. The number of anilines is 2.